The van der Waals surface area contributed by atoms with Gasteiger partial charge in [0.05, 0.1) is 17.6 Å². The Morgan fingerprint density at radius 3 is 2.41 bits per heavy atom. The molecule has 0 aliphatic carbocycles. The summed E-state index contributed by atoms with van der Waals surface area (Å²) >= 11 is 0. The summed E-state index contributed by atoms with van der Waals surface area (Å²) in [7, 11) is 0. The molecule has 1 aromatic carbocycles. The van der Waals surface area contributed by atoms with E-state index >= 15 is 0 Å². The molecule has 10 heteroatoms. The molecule has 5 N–H and O–H groups in total. The second-order valence-corrected chi connectivity index (χ2v) is 7.46. The molecule has 3 rings (SSSR count). The summed E-state index contributed by atoms with van der Waals surface area (Å²) in [6.07, 6.45) is 2.24. The normalized spacial score (nSPS) is 12.1. The Kier molecular flexibility index (Phi) is 6.64. The Morgan fingerprint density at radius 1 is 1.16 bits per heavy atom. The highest BCUT2D eigenvalue weighted by molar-refractivity contribution is 6.06. The number of aromatic nitrogens is 3. The summed E-state index contributed by atoms with van der Waals surface area (Å²) in [5, 5.41) is 2.60. The number of hydrogen-bond donors (Lipinski definition) is 3. The molecule has 0 bridgehead atoms. The van der Waals surface area contributed by atoms with Crippen LogP contribution in [0, 0.1) is 13.8 Å². The molecule has 0 radical (unpaired) electrons. The van der Waals surface area contributed by atoms with Gasteiger partial charge in [0.25, 0.3) is 17.9 Å². The lowest BCUT2D eigenvalue weighted by atomic mass is 10.0. The summed E-state index contributed by atoms with van der Waals surface area (Å²) in [4.78, 5) is 34.1. The summed E-state index contributed by atoms with van der Waals surface area (Å²) < 4.78 is 27.3. The predicted molar refractivity (Wildman–Crippen MR) is 118 cm³/mol. The first kappa shape index (κ1) is 23.0. The third-order valence-electron chi connectivity index (χ3n) is 5.12. The lowest BCUT2D eigenvalue weighted by molar-refractivity contribution is 0.102. The summed E-state index contributed by atoms with van der Waals surface area (Å²) in [6.45, 7) is 5.13. The minimum Gasteiger partial charge on any atom is -0.383 e. The van der Waals surface area contributed by atoms with Gasteiger partial charge in [-0.05, 0) is 55.2 Å². The van der Waals surface area contributed by atoms with Crippen molar-refractivity contribution in [1.29, 1.82) is 0 Å². The quantitative estimate of drug-likeness (QED) is 0.536. The van der Waals surface area contributed by atoms with E-state index in [0.29, 0.717) is 28.9 Å². The van der Waals surface area contributed by atoms with E-state index in [0.717, 1.165) is 10.1 Å². The van der Waals surface area contributed by atoms with Gasteiger partial charge in [-0.25, -0.2) is 13.8 Å². The first-order chi connectivity index (χ1) is 15.1. The first-order valence-electron chi connectivity index (χ1n) is 9.92. The van der Waals surface area contributed by atoms with Crippen LogP contribution in [0.5, 0.6) is 0 Å². The van der Waals surface area contributed by atoms with Crippen molar-refractivity contribution in [3.63, 3.8) is 0 Å². The van der Waals surface area contributed by atoms with Crippen LogP contribution in [0.4, 0.5) is 20.3 Å². The van der Waals surface area contributed by atoms with Gasteiger partial charge in [0.2, 0.25) is 0 Å². The molecule has 0 unspecified atom stereocenters. The maximum atomic E-state index is 13.2. The standard InChI is InChI=1S/C22H24F2N6O2/c1-4-16(25)14-7-15(9-27-8-14)29-21(31)17-20(26)28-10-30(22(17)32)18-11(2)5-13(19(23)24)6-12(18)3/h5-10,16,19H,4,25-26H2,1-3H3,(H,29,31)/t16-/m0/s1. The minimum atomic E-state index is -2.64. The van der Waals surface area contributed by atoms with E-state index in [9.17, 15) is 18.4 Å². The van der Waals surface area contributed by atoms with E-state index in [1.807, 2.05) is 6.92 Å². The van der Waals surface area contributed by atoms with Crippen LogP contribution in [0.25, 0.3) is 5.69 Å². The average molecular weight is 442 g/mol. The number of hydrogen-bond acceptors (Lipinski definition) is 6. The molecule has 0 aliphatic heterocycles. The van der Waals surface area contributed by atoms with Gasteiger partial charge in [-0.15, -0.1) is 0 Å². The number of carbonyl (C=O) groups is 1. The number of alkyl halides is 2. The van der Waals surface area contributed by atoms with Crippen molar-refractivity contribution in [1.82, 2.24) is 14.5 Å². The molecule has 32 heavy (non-hydrogen) atoms. The van der Waals surface area contributed by atoms with Crippen LogP contribution in [0.2, 0.25) is 0 Å². The van der Waals surface area contributed by atoms with Crippen molar-refractivity contribution in [3.05, 3.63) is 75.1 Å². The Morgan fingerprint density at radius 2 is 1.81 bits per heavy atom. The minimum absolute atomic E-state index is 0.157. The second kappa shape index (κ2) is 9.23. The number of benzene rings is 1. The van der Waals surface area contributed by atoms with Gasteiger partial charge in [0.15, 0.2) is 0 Å². The van der Waals surface area contributed by atoms with Crippen LogP contribution >= 0.6 is 0 Å². The summed E-state index contributed by atoms with van der Waals surface area (Å²) in [6, 6.07) is 4.01. The van der Waals surface area contributed by atoms with Crippen molar-refractivity contribution in [2.75, 3.05) is 11.1 Å². The van der Waals surface area contributed by atoms with Gasteiger partial charge in [0, 0.05) is 17.8 Å². The molecule has 0 fully saturated rings. The largest absolute Gasteiger partial charge is 0.383 e. The molecule has 2 aromatic heterocycles. The van der Waals surface area contributed by atoms with E-state index in [4.69, 9.17) is 11.5 Å². The van der Waals surface area contributed by atoms with Crippen LogP contribution in [-0.2, 0) is 0 Å². The first-order valence-corrected chi connectivity index (χ1v) is 9.92. The molecule has 0 spiro atoms. The number of nitrogen functional groups attached to an aromatic ring is 1. The number of carbonyl (C=O) groups excluding carboxylic acids is 1. The van der Waals surface area contributed by atoms with Crippen molar-refractivity contribution < 1.29 is 13.6 Å². The van der Waals surface area contributed by atoms with Gasteiger partial charge in [-0.2, -0.15) is 0 Å². The molecule has 1 amide bonds. The van der Waals surface area contributed by atoms with Gasteiger partial charge in [0.1, 0.15) is 17.7 Å². The topological polar surface area (TPSA) is 129 Å². The smallest absolute Gasteiger partial charge is 0.272 e. The van der Waals surface area contributed by atoms with Crippen molar-refractivity contribution >= 4 is 17.4 Å². The maximum Gasteiger partial charge on any atom is 0.272 e. The Hall–Kier alpha value is -3.66. The zero-order valence-electron chi connectivity index (χ0n) is 17.9. The van der Waals surface area contributed by atoms with E-state index in [1.54, 1.807) is 26.1 Å². The van der Waals surface area contributed by atoms with Gasteiger partial charge in [-0.3, -0.25) is 19.1 Å². The highest BCUT2D eigenvalue weighted by atomic mass is 19.3. The molecule has 1 atom stereocenters. The molecule has 0 aliphatic rings. The number of aryl methyl sites for hydroxylation is 2. The number of halogens is 2. The van der Waals surface area contributed by atoms with Crippen LogP contribution in [0.15, 0.2) is 41.7 Å². The number of anilines is 2. The lowest BCUT2D eigenvalue weighted by Gasteiger charge is -2.16. The van der Waals surface area contributed by atoms with Crippen LogP contribution in [-0.4, -0.2) is 20.4 Å². The zero-order valence-corrected chi connectivity index (χ0v) is 17.9. The predicted octanol–water partition coefficient (Wildman–Crippen LogP) is 3.43. The molecule has 8 nitrogen and oxygen atoms in total. The molecule has 0 saturated carbocycles. The number of nitrogens with two attached hydrogens (primary N) is 2. The summed E-state index contributed by atoms with van der Waals surface area (Å²) in [5.74, 6) is -1.02. The molecular weight excluding hydrogens is 418 g/mol. The number of amides is 1. The van der Waals surface area contributed by atoms with Gasteiger partial charge < -0.3 is 16.8 Å². The zero-order chi connectivity index (χ0) is 23.6. The van der Waals surface area contributed by atoms with E-state index in [-0.39, 0.29) is 23.0 Å². The fourth-order valence-electron chi connectivity index (χ4n) is 3.49. The molecule has 2 heterocycles. The molecular formula is C22H24F2N6O2. The van der Waals surface area contributed by atoms with Crippen molar-refractivity contribution in [3.8, 4) is 5.69 Å². The van der Waals surface area contributed by atoms with Crippen LogP contribution in [0.1, 0.15) is 58.4 Å². The summed E-state index contributed by atoms with van der Waals surface area (Å²) in [5.41, 5.74) is 12.9. The average Bonchev–Trinajstić information content (AvgIpc) is 2.74. The lowest BCUT2D eigenvalue weighted by Crippen LogP contribution is -2.31. The Labute approximate surface area is 183 Å². The monoisotopic (exact) mass is 442 g/mol. The van der Waals surface area contributed by atoms with Crippen molar-refractivity contribution in [2.45, 2.75) is 39.7 Å². The van der Waals surface area contributed by atoms with Crippen LogP contribution in [0.3, 0.4) is 0 Å². The van der Waals surface area contributed by atoms with E-state index in [2.05, 4.69) is 15.3 Å². The van der Waals surface area contributed by atoms with E-state index in [1.165, 1.54) is 24.7 Å². The molecule has 0 saturated heterocycles. The number of pyridine rings is 1. The third-order valence-corrected chi connectivity index (χ3v) is 5.12. The highest BCUT2D eigenvalue weighted by Crippen LogP contribution is 2.26. The fourth-order valence-corrected chi connectivity index (χ4v) is 3.49. The Bertz CT molecular complexity index is 1200. The Balaban J connectivity index is 2.03. The van der Waals surface area contributed by atoms with E-state index < -0.39 is 17.9 Å². The number of nitrogens with one attached hydrogen (secondary N) is 1. The fraction of sp³-hybridized carbons (Fsp3) is 0.273. The third kappa shape index (κ3) is 4.50. The van der Waals surface area contributed by atoms with Crippen molar-refractivity contribution in [2.24, 2.45) is 5.73 Å². The molecule has 3 aromatic rings. The van der Waals surface area contributed by atoms with Gasteiger partial charge in [-0.1, -0.05) is 6.92 Å². The van der Waals surface area contributed by atoms with Gasteiger partial charge >= 0.3 is 0 Å². The van der Waals surface area contributed by atoms with Crippen LogP contribution < -0.4 is 22.3 Å². The maximum absolute atomic E-state index is 13.2. The number of rotatable bonds is 6. The number of nitrogens with zero attached hydrogens (tertiary/aromatic N) is 3. The SMILES string of the molecule is CC[C@H](N)c1cncc(NC(=O)c2c(N)ncn(-c3c(C)cc(C(F)F)cc3C)c2=O)c1. The molecule has 168 valence electrons. The highest BCUT2D eigenvalue weighted by Gasteiger charge is 2.21. The second-order valence-electron chi connectivity index (χ2n) is 7.46.